The second-order valence-electron chi connectivity index (χ2n) is 7.52. The van der Waals surface area contributed by atoms with Crippen molar-refractivity contribution in [2.24, 2.45) is 0 Å². The van der Waals surface area contributed by atoms with Crippen molar-refractivity contribution in [1.82, 2.24) is 0 Å². The lowest BCUT2D eigenvalue weighted by atomic mass is 9.87. The van der Waals surface area contributed by atoms with Crippen LogP contribution in [0.1, 0.15) is 42.6 Å². The van der Waals surface area contributed by atoms with Gasteiger partial charge in [-0.05, 0) is 32.4 Å². The summed E-state index contributed by atoms with van der Waals surface area (Å²) in [6.45, 7) is 4.74. The zero-order chi connectivity index (χ0) is 19.4. The summed E-state index contributed by atoms with van der Waals surface area (Å²) < 4.78 is 28.8. The molecule has 2 aromatic rings. The zero-order valence-corrected chi connectivity index (χ0v) is 16.1. The average molecular weight is 382 g/mol. The van der Waals surface area contributed by atoms with E-state index in [1.54, 1.807) is 7.11 Å². The first-order valence-corrected chi connectivity index (χ1v) is 9.36. The number of fused-ring (bicyclic) bond motifs is 6. The SMILES string of the molecule is COc1c(O)c(CC=C(C)C)cc2c1OC[C@@H]1c3cc4c(cc3O[C@H]21)OCO4. The molecule has 0 fully saturated rings. The third-order valence-corrected chi connectivity index (χ3v) is 5.49. The van der Waals surface area contributed by atoms with E-state index in [0.29, 0.717) is 30.3 Å². The number of hydrogen-bond donors (Lipinski definition) is 1. The molecule has 3 aliphatic rings. The molecule has 2 aromatic carbocycles. The van der Waals surface area contributed by atoms with Gasteiger partial charge >= 0.3 is 0 Å². The molecular formula is C22H22O6. The minimum Gasteiger partial charge on any atom is -0.504 e. The Labute approximate surface area is 163 Å². The minimum absolute atomic E-state index is 0.0440. The van der Waals surface area contributed by atoms with Gasteiger partial charge in [0.1, 0.15) is 11.9 Å². The Bertz CT molecular complexity index is 989. The molecule has 2 atom stereocenters. The lowest BCUT2D eigenvalue weighted by Gasteiger charge is -2.30. The molecule has 3 heterocycles. The molecule has 3 aliphatic heterocycles. The van der Waals surface area contributed by atoms with E-state index in [-0.39, 0.29) is 24.6 Å². The monoisotopic (exact) mass is 382 g/mol. The highest BCUT2D eigenvalue weighted by molar-refractivity contribution is 5.64. The van der Waals surface area contributed by atoms with Gasteiger partial charge < -0.3 is 28.8 Å². The lowest BCUT2D eigenvalue weighted by molar-refractivity contribution is 0.134. The first kappa shape index (κ1) is 17.1. The largest absolute Gasteiger partial charge is 0.504 e. The average Bonchev–Trinajstić information content (AvgIpc) is 3.27. The molecule has 0 amide bonds. The Morgan fingerprint density at radius 2 is 1.89 bits per heavy atom. The topological polar surface area (TPSA) is 66.4 Å². The summed E-state index contributed by atoms with van der Waals surface area (Å²) in [4.78, 5) is 0. The molecule has 0 saturated heterocycles. The molecule has 0 aliphatic carbocycles. The molecule has 0 spiro atoms. The smallest absolute Gasteiger partial charge is 0.231 e. The molecule has 0 aromatic heterocycles. The number of benzene rings is 2. The van der Waals surface area contributed by atoms with Crippen LogP contribution in [0.4, 0.5) is 0 Å². The fourth-order valence-corrected chi connectivity index (χ4v) is 4.07. The van der Waals surface area contributed by atoms with Crippen LogP contribution in [0.5, 0.6) is 34.5 Å². The standard InChI is InChI=1S/C22H22O6/c1-11(2)4-5-12-6-14-20-15(9-25-21(14)22(24-3)19(12)23)13-7-17-18(27-10-26-17)8-16(13)28-20/h4,6-8,15,20,23H,5,9-10H2,1-3H3/t15-,20-/m1/s1. The van der Waals surface area contributed by atoms with Crippen LogP contribution in [-0.2, 0) is 6.42 Å². The number of phenols is 1. The fraction of sp³-hybridized carbons (Fsp3) is 0.364. The van der Waals surface area contributed by atoms with Crippen LogP contribution in [0, 0.1) is 0 Å². The second kappa shape index (κ2) is 6.26. The van der Waals surface area contributed by atoms with Gasteiger partial charge in [-0.25, -0.2) is 0 Å². The summed E-state index contributed by atoms with van der Waals surface area (Å²) in [5, 5.41) is 10.7. The van der Waals surface area contributed by atoms with Crippen molar-refractivity contribution in [3.8, 4) is 34.5 Å². The van der Waals surface area contributed by atoms with Crippen molar-refractivity contribution in [3.05, 3.63) is 46.5 Å². The molecule has 146 valence electrons. The van der Waals surface area contributed by atoms with E-state index in [4.69, 9.17) is 23.7 Å². The normalized spacial score (nSPS) is 20.4. The quantitative estimate of drug-likeness (QED) is 0.801. The van der Waals surface area contributed by atoms with Crippen LogP contribution in [-0.4, -0.2) is 25.6 Å². The summed E-state index contributed by atoms with van der Waals surface area (Å²) in [7, 11) is 1.54. The van der Waals surface area contributed by atoms with E-state index in [1.807, 2.05) is 32.0 Å². The number of allylic oxidation sites excluding steroid dienone is 2. The van der Waals surface area contributed by atoms with E-state index >= 15 is 0 Å². The maximum absolute atomic E-state index is 10.7. The van der Waals surface area contributed by atoms with Gasteiger partial charge in [-0.15, -0.1) is 0 Å². The van der Waals surface area contributed by atoms with Crippen LogP contribution in [0.25, 0.3) is 0 Å². The van der Waals surface area contributed by atoms with Gasteiger partial charge in [0.05, 0.1) is 19.6 Å². The molecule has 0 unspecified atom stereocenters. The van der Waals surface area contributed by atoms with E-state index < -0.39 is 0 Å². The Balaban J connectivity index is 1.59. The number of hydrogen-bond acceptors (Lipinski definition) is 6. The first-order chi connectivity index (χ1) is 13.6. The van der Waals surface area contributed by atoms with E-state index in [0.717, 1.165) is 28.2 Å². The van der Waals surface area contributed by atoms with Gasteiger partial charge in [-0.1, -0.05) is 11.6 Å². The molecule has 5 rings (SSSR count). The molecule has 6 nitrogen and oxygen atoms in total. The first-order valence-electron chi connectivity index (χ1n) is 9.36. The van der Waals surface area contributed by atoms with E-state index in [2.05, 4.69) is 6.08 Å². The Hall–Kier alpha value is -3.02. The minimum atomic E-state index is -0.207. The van der Waals surface area contributed by atoms with Crippen molar-refractivity contribution in [1.29, 1.82) is 0 Å². The summed E-state index contributed by atoms with van der Waals surface area (Å²) in [6.07, 6.45) is 2.48. The zero-order valence-electron chi connectivity index (χ0n) is 16.1. The van der Waals surface area contributed by atoms with Gasteiger partial charge in [0.2, 0.25) is 12.5 Å². The van der Waals surface area contributed by atoms with Gasteiger partial charge in [0, 0.05) is 22.8 Å². The van der Waals surface area contributed by atoms with Gasteiger partial charge in [0.15, 0.2) is 23.0 Å². The predicted octanol–water partition coefficient (Wildman–Crippen LogP) is 4.25. The Kier molecular flexibility index (Phi) is 3.82. The molecule has 28 heavy (non-hydrogen) atoms. The van der Waals surface area contributed by atoms with E-state index in [1.165, 1.54) is 5.57 Å². The van der Waals surface area contributed by atoms with Crippen LogP contribution < -0.4 is 23.7 Å². The van der Waals surface area contributed by atoms with Crippen molar-refractivity contribution in [2.75, 3.05) is 20.5 Å². The van der Waals surface area contributed by atoms with Gasteiger partial charge in [-0.3, -0.25) is 0 Å². The number of methoxy groups -OCH3 is 1. The van der Waals surface area contributed by atoms with Crippen molar-refractivity contribution in [3.63, 3.8) is 0 Å². The molecular weight excluding hydrogens is 360 g/mol. The fourth-order valence-electron chi connectivity index (χ4n) is 4.07. The van der Waals surface area contributed by atoms with Crippen molar-refractivity contribution >= 4 is 0 Å². The number of rotatable bonds is 3. The highest BCUT2D eigenvalue weighted by atomic mass is 16.7. The van der Waals surface area contributed by atoms with Gasteiger partial charge in [-0.2, -0.15) is 0 Å². The highest BCUT2D eigenvalue weighted by Gasteiger charge is 2.43. The Morgan fingerprint density at radius 1 is 1.11 bits per heavy atom. The Morgan fingerprint density at radius 3 is 2.64 bits per heavy atom. The van der Waals surface area contributed by atoms with E-state index in [9.17, 15) is 5.11 Å². The number of aromatic hydroxyl groups is 1. The molecule has 0 bridgehead atoms. The number of ether oxygens (including phenoxy) is 5. The van der Waals surface area contributed by atoms with Gasteiger partial charge in [0.25, 0.3) is 0 Å². The summed E-state index contributed by atoms with van der Waals surface area (Å²) in [6, 6.07) is 5.84. The highest BCUT2D eigenvalue weighted by Crippen LogP contribution is 2.57. The van der Waals surface area contributed by atoms with Crippen LogP contribution in [0.2, 0.25) is 0 Å². The van der Waals surface area contributed by atoms with Crippen molar-refractivity contribution in [2.45, 2.75) is 32.3 Å². The maximum atomic E-state index is 10.7. The third-order valence-electron chi connectivity index (χ3n) is 5.49. The molecule has 0 saturated carbocycles. The van der Waals surface area contributed by atoms with Crippen LogP contribution >= 0.6 is 0 Å². The summed E-state index contributed by atoms with van der Waals surface area (Å²) in [5.41, 5.74) is 3.91. The molecule has 0 radical (unpaired) electrons. The van der Waals surface area contributed by atoms with Crippen LogP contribution in [0.15, 0.2) is 29.8 Å². The lowest BCUT2D eigenvalue weighted by Crippen LogP contribution is -2.24. The maximum Gasteiger partial charge on any atom is 0.231 e. The predicted molar refractivity (Wildman–Crippen MR) is 102 cm³/mol. The second-order valence-corrected chi connectivity index (χ2v) is 7.52. The summed E-state index contributed by atoms with van der Waals surface area (Å²) >= 11 is 0. The number of phenolic OH excluding ortho intramolecular Hbond substituents is 1. The molecule has 1 N–H and O–H groups in total. The third kappa shape index (κ3) is 2.47. The molecule has 6 heteroatoms. The van der Waals surface area contributed by atoms with Crippen LogP contribution in [0.3, 0.4) is 0 Å². The van der Waals surface area contributed by atoms with Crippen molar-refractivity contribution < 1.29 is 28.8 Å². The summed E-state index contributed by atoms with van der Waals surface area (Å²) in [5.74, 6) is 3.30.